The van der Waals surface area contributed by atoms with E-state index in [4.69, 9.17) is 4.74 Å². The van der Waals surface area contributed by atoms with E-state index in [1.54, 1.807) is 0 Å². The Morgan fingerprint density at radius 2 is 1.76 bits per heavy atom. The van der Waals surface area contributed by atoms with Crippen LogP contribution in [0.25, 0.3) is 0 Å². The van der Waals surface area contributed by atoms with Gasteiger partial charge in [0.05, 0.1) is 30.8 Å². The second-order valence-electron chi connectivity index (χ2n) is 7.74. The number of ether oxygens (including phenoxy) is 1. The Balaban J connectivity index is 2.09. The van der Waals surface area contributed by atoms with Crippen molar-refractivity contribution < 1.29 is 35.6 Å². The Bertz CT molecular complexity index is 1270. The molecule has 15 heteroatoms. The Labute approximate surface area is 201 Å². The van der Waals surface area contributed by atoms with Crippen LogP contribution in [0.15, 0.2) is 22.4 Å². The number of thiazole rings is 1. The highest BCUT2D eigenvalue weighted by Gasteiger charge is 2.22. The third-order valence-corrected chi connectivity index (χ3v) is 7.40. The van der Waals surface area contributed by atoms with Gasteiger partial charge in [0, 0.05) is 12.3 Å². The second kappa shape index (κ2) is 11.2. The minimum absolute atomic E-state index is 0.0871. The zero-order valence-electron chi connectivity index (χ0n) is 18.8. The summed E-state index contributed by atoms with van der Waals surface area (Å²) in [4.78, 5) is 28.6. The van der Waals surface area contributed by atoms with Crippen molar-refractivity contribution in [2.75, 3.05) is 29.8 Å². The van der Waals surface area contributed by atoms with Crippen LogP contribution in [0.3, 0.4) is 0 Å². The van der Waals surface area contributed by atoms with Crippen LogP contribution in [-0.4, -0.2) is 52.8 Å². The minimum atomic E-state index is -3.75. The van der Waals surface area contributed by atoms with Crippen molar-refractivity contribution in [3.63, 3.8) is 0 Å². The zero-order chi connectivity index (χ0) is 25.7. The summed E-state index contributed by atoms with van der Waals surface area (Å²) in [6.45, 7) is 3.70. The first-order chi connectivity index (χ1) is 15.6. The van der Waals surface area contributed by atoms with Crippen molar-refractivity contribution in [1.82, 2.24) is 9.71 Å². The number of amides is 2. The number of nitrogens with one attached hydrogen (secondary N) is 3. The monoisotopic (exact) mass is 536 g/mol. The molecule has 0 fully saturated rings. The fourth-order valence-electron chi connectivity index (χ4n) is 2.47. The van der Waals surface area contributed by atoms with Gasteiger partial charge in [0.2, 0.25) is 21.8 Å². The molecule has 0 aliphatic carbocycles. The molecule has 1 aromatic carbocycles. The van der Waals surface area contributed by atoms with E-state index in [0.29, 0.717) is 11.3 Å². The molecule has 2 aromatic rings. The third-order valence-electron chi connectivity index (χ3n) is 3.86. The highest BCUT2D eigenvalue weighted by Crippen LogP contribution is 2.28. The molecule has 1 aromatic heterocycles. The van der Waals surface area contributed by atoms with Gasteiger partial charge in [-0.3, -0.25) is 9.59 Å². The summed E-state index contributed by atoms with van der Waals surface area (Å²) in [6.07, 6.45) is 1.18. The van der Waals surface area contributed by atoms with Gasteiger partial charge < -0.3 is 15.4 Å². The van der Waals surface area contributed by atoms with Crippen molar-refractivity contribution in [1.29, 1.82) is 0 Å². The molecule has 11 nitrogen and oxygen atoms in total. The summed E-state index contributed by atoms with van der Waals surface area (Å²) in [5, 5.41) is 4.68. The Morgan fingerprint density at radius 1 is 1.12 bits per heavy atom. The smallest absolute Gasteiger partial charge is 0.235 e. The van der Waals surface area contributed by atoms with Crippen LogP contribution in [0.2, 0.25) is 0 Å². The topological polar surface area (TPSA) is 161 Å². The van der Waals surface area contributed by atoms with Gasteiger partial charge >= 0.3 is 0 Å². The Hall–Kier alpha value is -2.62. The van der Waals surface area contributed by atoms with Crippen molar-refractivity contribution in [2.45, 2.75) is 31.0 Å². The molecule has 1 heterocycles. The highest BCUT2D eigenvalue weighted by molar-refractivity contribution is 7.93. The number of aromatic nitrogens is 1. The quantitative estimate of drug-likeness (QED) is 0.366. The highest BCUT2D eigenvalue weighted by atomic mass is 32.2. The minimum Gasteiger partial charge on any atom is -0.491 e. The number of hydrogen-bond donors (Lipinski definition) is 3. The molecule has 0 unspecified atom stereocenters. The van der Waals surface area contributed by atoms with E-state index >= 15 is 0 Å². The number of carbonyl (C=O) groups excluding carboxylic acids is 2. The van der Waals surface area contributed by atoms with Gasteiger partial charge in [0.25, 0.3) is 0 Å². The standard InChI is InChI=1S/C19H25FN4O7S3/c1-11(2)10-31-15-7-12(20)5-6-13(15)22-16(25)8-17(26)24-19-23-14(9-21-34(4,29)30)18(32-19)33(3,27)28/h5-7,11,21H,8-10H2,1-4H3,(H,22,25)(H,23,24,26). The first-order valence-electron chi connectivity index (χ1n) is 9.80. The maximum Gasteiger partial charge on any atom is 0.235 e. The predicted octanol–water partition coefficient (Wildman–Crippen LogP) is 1.74. The molecule has 0 saturated heterocycles. The summed E-state index contributed by atoms with van der Waals surface area (Å²) >= 11 is 0.631. The number of sulfone groups is 1. The van der Waals surface area contributed by atoms with Crippen LogP contribution in [0.1, 0.15) is 26.0 Å². The second-order valence-corrected chi connectivity index (χ2v) is 12.8. The zero-order valence-corrected chi connectivity index (χ0v) is 21.3. The first kappa shape index (κ1) is 27.6. The summed E-state index contributed by atoms with van der Waals surface area (Å²) < 4.78 is 67.6. The van der Waals surface area contributed by atoms with Gasteiger partial charge in [0.15, 0.2) is 15.0 Å². The molecular formula is C19H25FN4O7S3. The lowest BCUT2D eigenvalue weighted by atomic mass is 10.2. The number of nitrogens with zero attached hydrogens (tertiary/aromatic N) is 1. The lowest BCUT2D eigenvalue weighted by molar-refractivity contribution is -0.123. The van der Waals surface area contributed by atoms with Gasteiger partial charge in [-0.1, -0.05) is 25.2 Å². The number of hydrogen-bond acceptors (Lipinski definition) is 9. The van der Waals surface area contributed by atoms with Crippen molar-refractivity contribution in [3.8, 4) is 5.75 Å². The number of benzene rings is 1. The third kappa shape index (κ3) is 8.96. The van der Waals surface area contributed by atoms with E-state index in [2.05, 4.69) is 20.3 Å². The van der Waals surface area contributed by atoms with Crippen molar-refractivity contribution >= 4 is 53.8 Å². The van der Waals surface area contributed by atoms with Gasteiger partial charge in [0.1, 0.15) is 22.2 Å². The Morgan fingerprint density at radius 3 is 2.35 bits per heavy atom. The molecule has 34 heavy (non-hydrogen) atoms. The average Bonchev–Trinajstić information content (AvgIpc) is 3.09. The van der Waals surface area contributed by atoms with Crippen LogP contribution in [-0.2, 0) is 36.0 Å². The van der Waals surface area contributed by atoms with E-state index in [-0.39, 0.29) is 39.0 Å². The van der Waals surface area contributed by atoms with Gasteiger partial charge in [-0.2, -0.15) is 0 Å². The largest absolute Gasteiger partial charge is 0.491 e. The molecule has 0 spiro atoms. The van der Waals surface area contributed by atoms with E-state index in [1.165, 1.54) is 6.07 Å². The van der Waals surface area contributed by atoms with Gasteiger partial charge in [-0.15, -0.1) is 0 Å². The van der Waals surface area contributed by atoms with E-state index < -0.39 is 50.5 Å². The molecule has 0 bridgehead atoms. The number of carbonyl (C=O) groups is 2. The molecule has 0 radical (unpaired) electrons. The van der Waals surface area contributed by atoms with Crippen molar-refractivity contribution in [3.05, 3.63) is 29.7 Å². The Kier molecular flexibility index (Phi) is 9.10. The average molecular weight is 537 g/mol. The first-order valence-corrected chi connectivity index (χ1v) is 14.4. The maximum atomic E-state index is 13.6. The fourth-order valence-corrected chi connectivity index (χ4v) is 4.99. The van der Waals surface area contributed by atoms with Crippen LogP contribution in [0.5, 0.6) is 5.75 Å². The van der Waals surface area contributed by atoms with Gasteiger partial charge in [-0.05, 0) is 18.1 Å². The number of anilines is 2. The van der Waals surface area contributed by atoms with Crippen LogP contribution >= 0.6 is 11.3 Å². The molecule has 3 N–H and O–H groups in total. The molecule has 0 aliphatic heterocycles. The lowest BCUT2D eigenvalue weighted by Crippen LogP contribution is -2.23. The molecule has 0 aliphatic rings. The summed E-state index contributed by atoms with van der Waals surface area (Å²) in [5.41, 5.74) is 0.0959. The summed E-state index contributed by atoms with van der Waals surface area (Å²) in [7, 11) is -7.37. The SMILES string of the molecule is CC(C)COc1cc(F)ccc1NC(=O)CC(=O)Nc1nc(CNS(C)(=O)=O)c(S(C)(=O)=O)s1. The molecule has 2 amide bonds. The van der Waals surface area contributed by atoms with E-state index in [1.807, 2.05) is 13.8 Å². The molecular weight excluding hydrogens is 511 g/mol. The van der Waals surface area contributed by atoms with E-state index in [9.17, 15) is 30.8 Å². The number of halogens is 1. The normalized spacial score (nSPS) is 11.9. The number of rotatable bonds is 11. The van der Waals surface area contributed by atoms with Crippen molar-refractivity contribution in [2.24, 2.45) is 5.92 Å². The molecule has 0 atom stereocenters. The summed E-state index contributed by atoms with van der Waals surface area (Å²) in [5.74, 6) is -1.80. The molecule has 2 rings (SSSR count). The predicted molar refractivity (Wildman–Crippen MR) is 126 cm³/mol. The number of sulfonamides is 1. The van der Waals surface area contributed by atoms with E-state index in [0.717, 1.165) is 24.6 Å². The van der Waals surface area contributed by atoms with Crippen LogP contribution in [0.4, 0.5) is 15.2 Å². The lowest BCUT2D eigenvalue weighted by Gasteiger charge is -2.14. The summed E-state index contributed by atoms with van der Waals surface area (Å²) in [6, 6.07) is 3.56. The van der Waals surface area contributed by atoms with Crippen LogP contribution in [0, 0.1) is 11.7 Å². The maximum absolute atomic E-state index is 13.6. The van der Waals surface area contributed by atoms with Gasteiger partial charge in [-0.25, -0.2) is 30.9 Å². The molecule has 188 valence electrons. The fraction of sp³-hybridized carbons (Fsp3) is 0.421. The molecule has 0 saturated carbocycles. The van der Waals surface area contributed by atoms with Crippen LogP contribution < -0.4 is 20.1 Å².